The van der Waals surface area contributed by atoms with Crippen LogP contribution in [0.2, 0.25) is 0 Å². The molecule has 1 aromatic rings. The third kappa shape index (κ3) is 2.16. The summed E-state index contributed by atoms with van der Waals surface area (Å²) >= 11 is 0. The fourth-order valence-corrected chi connectivity index (χ4v) is 1.05. The number of nitrogens with two attached hydrogens (primary N) is 1. The standard InChI is InChI=1S/C9H6F7N/c10-7(11,8(12,13)9(14,15)16)5-1-3-6(17)4-2-5/h1-4H,17H2. The van der Waals surface area contributed by atoms with Gasteiger partial charge in [0.05, 0.1) is 0 Å². The van der Waals surface area contributed by atoms with Crippen LogP contribution in [0.25, 0.3) is 0 Å². The van der Waals surface area contributed by atoms with Gasteiger partial charge in [-0.1, -0.05) is 12.1 Å². The zero-order chi connectivity index (χ0) is 13.5. The summed E-state index contributed by atoms with van der Waals surface area (Å²) in [7, 11) is 0. The molecular weight excluding hydrogens is 255 g/mol. The monoisotopic (exact) mass is 261 g/mol. The van der Waals surface area contributed by atoms with Gasteiger partial charge in [-0.05, 0) is 12.1 Å². The Morgan fingerprint density at radius 1 is 0.765 bits per heavy atom. The van der Waals surface area contributed by atoms with Crippen LogP contribution in [0.15, 0.2) is 24.3 Å². The van der Waals surface area contributed by atoms with Gasteiger partial charge in [0, 0.05) is 11.3 Å². The molecule has 0 aromatic heterocycles. The van der Waals surface area contributed by atoms with Gasteiger partial charge >= 0.3 is 18.0 Å². The highest BCUT2D eigenvalue weighted by molar-refractivity contribution is 5.41. The van der Waals surface area contributed by atoms with E-state index in [4.69, 9.17) is 5.73 Å². The fraction of sp³-hybridized carbons (Fsp3) is 0.333. The van der Waals surface area contributed by atoms with Crippen molar-refractivity contribution in [2.45, 2.75) is 18.0 Å². The second-order valence-electron chi connectivity index (χ2n) is 3.27. The molecular formula is C9H6F7N. The summed E-state index contributed by atoms with van der Waals surface area (Å²) in [5, 5.41) is 0. The molecule has 0 fully saturated rings. The second-order valence-corrected chi connectivity index (χ2v) is 3.27. The summed E-state index contributed by atoms with van der Waals surface area (Å²) in [4.78, 5) is 0. The smallest absolute Gasteiger partial charge is 0.399 e. The Balaban J connectivity index is 3.23. The molecule has 0 amide bonds. The maximum absolute atomic E-state index is 13.1. The third-order valence-corrected chi connectivity index (χ3v) is 2.02. The van der Waals surface area contributed by atoms with Gasteiger partial charge in [0.1, 0.15) is 0 Å². The molecule has 0 aliphatic heterocycles. The number of nitrogen functional groups attached to an aromatic ring is 1. The lowest BCUT2D eigenvalue weighted by Gasteiger charge is -2.28. The average molecular weight is 261 g/mol. The van der Waals surface area contributed by atoms with Crippen molar-refractivity contribution >= 4 is 5.69 Å². The predicted molar refractivity (Wildman–Crippen MR) is 45.8 cm³/mol. The molecule has 8 heteroatoms. The number of halogens is 7. The average Bonchev–Trinajstić information content (AvgIpc) is 2.16. The van der Waals surface area contributed by atoms with Gasteiger partial charge in [0.2, 0.25) is 0 Å². The Morgan fingerprint density at radius 3 is 1.53 bits per heavy atom. The van der Waals surface area contributed by atoms with Gasteiger partial charge in [0.25, 0.3) is 0 Å². The zero-order valence-corrected chi connectivity index (χ0v) is 8.03. The van der Waals surface area contributed by atoms with E-state index in [2.05, 4.69) is 0 Å². The van der Waals surface area contributed by atoms with E-state index in [1.54, 1.807) is 0 Å². The van der Waals surface area contributed by atoms with E-state index in [1.807, 2.05) is 0 Å². The Bertz CT molecular complexity index is 393. The largest absolute Gasteiger partial charge is 0.460 e. The van der Waals surface area contributed by atoms with E-state index >= 15 is 0 Å². The third-order valence-electron chi connectivity index (χ3n) is 2.02. The summed E-state index contributed by atoms with van der Waals surface area (Å²) in [5.74, 6) is -11.5. The molecule has 0 aliphatic rings. The maximum Gasteiger partial charge on any atom is 0.460 e. The quantitative estimate of drug-likeness (QED) is 0.639. The predicted octanol–water partition coefficient (Wildman–Crippen LogP) is 3.56. The van der Waals surface area contributed by atoms with Crippen molar-refractivity contribution < 1.29 is 30.7 Å². The van der Waals surface area contributed by atoms with E-state index in [0.717, 1.165) is 12.1 Å². The molecule has 0 aliphatic carbocycles. The molecule has 1 nitrogen and oxygen atoms in total. The SMILES string of the molecule is Nc1ccc(C(F)(F)C(F)(F)C(F)(F)F)cc1. The second kappa shape index (κ2) is 3.78. The summed E-state index contributed by atoms with van der Waals surface area (Å²) in [6, 6.07) is 2.48. The Kier molecular flexibility index (Phi) is 3.02. The van der Waals surface area contributed by atoms with Crippen molar-refractivity contribution in [2.75, 3.05) is 5.73 Å². The lowest BCUT2D eigenvalue weighted by Crippen LogP contribution is -2.49. The van der Waals surface area contributed by atoms with Crippen LogP contribution in [0.3, 0.4) is 0 Å². The van der Waals surface area contributed by atoms with Crippen LogP contribution in [0.1, 0.15) is 5.56 Å². The minimum atomic E-state index is -6.34. The van der Waals surface area contributed by atoms with Gasteiger partial charge in [-0.25, -0.2) is 0 Å². The number of anilines is 1. The van der Waals surface area contributed by atoms with E-state index < -0.39 is 23.6 Å². The van der Waals surface area contributed by atoms with Gasteiger partial charge in [-0.2, -0.15) is 30.7 Å². The first-order chi connectivity index (χ1) is 7.50. The highest BCUT2D eigenvalue weighted by Crippen LogP contribution is 2.51. The first-order valence-corrected chi connectivity index (χ1v) is 4.18. The molecule has 0 saturated heterocycles. The Labute approximate surface area is 91.0 Å². The van der Waals surface area contributed by atoms with Crippen molar-refractivity contribution in [2.24, 2.45) is 0 Å². The van der Waals surface area contributed by atoms with Crippen LogP contribution < -0.4 is 5.73 Å². The van der Waals surface area contributed by atoms with Crippen molar-refractivity contribution in [1.29, 1.82) is 0 Å². The lowest BCUT2D eigenvalue weighted by atomic mass is 10.0. The molecule has 0 spiro atoms. The molecule has 0 saturated carbocycles. The molecule has 0 bridgehead atoms. The number of alkyl halides is 7. The first kappa shape index (κ1) is 13.6. The zero-order valence-electron chi connectivity index (χ0n) is 8.03. The lowest BCUT2D eigenvalue weighted by molar-refractivity contribution is -0.359. The summed E-state index contributed by atoms with van der Waals surface area (Å²) in [6.07, 6.45) is -6.34. The minimum absolute atomic E-state index is 0.0279. The van der Waals surface area contributed by atoms with E-state index in [-0.39, 0.29) is 5.69 Å². The minimum Gasteiger partial charge on any atom is -0.399 e. The van der Waals surface area contributed by atoms with Gasteiger partial charge in [-0.3, -0.25) is 0 Å². The molecule has 0 heterocycles. The number of hydrogen-bond acceptors (Lipinski definition) is 1. The molecule has 96 valence electrons. The molecule has 0 radical (unpaired) electrons. The highest BCUT2D eigenvalue weighted by Gasteiger charge is 2.73. The number of hydrogen-bond donors (Lipinski definition) is 1. The summed E-state index contributed by atoms with van der Waals surface area (Å²) < 4.78 is 86.8. The Hall–Kier alpha value is -1.47. The number of rotatable bonds is 2. The van der Waals surface area contributed by atoms with E-state index in [1.165, 1.54) is 0 Å². The van der Waals surface area contributed by atoms with Crippen molar-refractivity contribution in [3.05, 3.63) is 29.8 Å². The van der Waals surface area contributed by atoms with Crippen molar-refractivity contribution in [1.82, 2.24) is 0 Å². The molecule has 1 rings (SSSR count). The highest BCUT2D eigenvalue weighted by atomic mass is 19.4. The Morgan fingerprint density at radius 2 is 1.18 bits per heavy atom. The molecule has 0 atom stereocenters. The fourth-order valence-electron chi connectivity index (χ4n) is 1.05. The first-order valence-electron chi connectivity index (χ1n) is 4.18. The van der Waals surface area contributed by atoms with Crippen LogP contribution >= 0.6 is 0 Å². The van der Waals surface area contributed by atoms with Crippen LogP contribution in [0.5, 0.6) is 0 Å². The van der Waals surface area contributed by atoms with Gasteiger partial charge in [0.15, 0.2) is 0 Å². The van der Waals surface area contributed by atoms with E-state index in [9.17, 15) is 30.7 Å². The van der Waals surface area contributed by atoms with Crippen LogP contribution in [-0.4, -0.2) is 12.1 Å². The van der Waals surface area contributed by atoms with Crippen molar-refractivity contribution in [3.63, 3.8) is 0 Å². The van der Waals surface area contributed by atoms with Crippen LogP contribution in [-0.2, 0) is 5.92 Å². The summed E-state index contributed by atoms with van der Waals surface area (Å²) in [5.41, 5.74) is 3.63. The van der Waals surface area contributed by atoms with Gasteiger partial charge < -0.3 is 5.73 Å². The molecule has 1 aromatic carbocycles. The van der Waals surface area contributed by atoms with Crippen molar-refractivity contribution in [3.8, 4) is 0 Å². The van der Waals surface area contributed by atoms with Gasteiger partial charge in [-0.15, -0.1) is 0 Å². The number of benzene rings is 1. The molecule has 0 unspecified atom stereocenters. The normalized spacial score (nSPS) is 13.8. The van der Waals surface area contributed by atoms with Crippen LogP contribution in [0, 0.1) is 0 Å². The van der Waals surface area contributed by atoms with Crippen LogP contribution in [0.4, 0.5) is 36.4 Å². The molecule has 17 heavy (non-hydrogen) atoms. The molecule has 2 N–H and O–H groups in total. The van der Waals surface area contributed by atoms with E-state index in [0.29, 0.717) is 12.1 Å². The maximum atomic E-state index is 13.1. The summed E-state index contributed by atoms with van der Waals surface area (Å²) in [6.45, 7) is 0. The topological polar surface area (TPSA) is 26.0 Å².